The van der Waals surface area contributed by atoms with Gasteiger partial charge in [0, 0.05) is 24.7 Å². The maximum absolute atomic E-state index is 10.3. The quantitative estimate of drug-likeness (QED) is 0.875. The van der Waals surface area contributed by atoms with Crippen LogP contribution in [0.4, 0.5) is 5.69 Å². The molecule has 2 aromatic rings. The van der Waals surface area contributed by atoms with Crippen molar-refractivity contribution in [3.8, 4) is 11.5 Å². The molecule has 0 aromatic heterocycles. The third-order valence-corrected chi connectivity index (χ3v) is 4.75. The first-order valence-corrected chi connectivity index (χ1v) is 8.69. The Kier molecular flexibility index (Phi) is 4.51. The highest BCUT2D eigenvalue weighted by Crippen LogP contribution is 2.35. The summed E-state index contributed by atoms with van der Waals surface area (Å²) in [7, 11) is 0. The minimum Gasteiger partial charge on any atom is -0.454 e. The predicted molar refractivity (Wildman–Crippen MR) is 95.3 cm³/mol. The van der Waals surface area contributed by atoms with Gasteiger partial charge in [0.2, 0.25) is 6.79 Å². The molecular formula is C20H23NO4. The molecule has 2 aliphatic rings. The zero-order valence-corrected chi connectivity index (χ0v) is 14.4. The van der Waals surface area contributed by atoms with Crippen LogP contribution in [-0.4, -0.2) is 37.7 Å². The van der Waals surface area contributed by atoms with Gasteiger partial charge in [0.25, 0.3) is 0 Å². The molecule has 0 saturated heterocycles. The Morgan fingerprint density at radius 2 is 2.04 bits per heavy atom. The first-order valence-electron chi connectivity index (χ1n) is 8.69. The van der Waals surface area contributed by atoms with Gasteiger partial charge in [-0.2, -0.15) is 0 Å². The zero-order valence-electron chi connectivity index (χ0n) is 14.4. The summed E-state index contributed by atoms with van der Waals surface area (Å²) in [5.74, 6) is 2.02. The van der Waals surface area contributed by atoms with Crippen molar-refractivity contribution in [2.75, 3.05) is 31.4 Å². The van der Waals surface area contributed by atoms with Gasteiger partial charge in [0.1, 0.15) is 0 Å². The average Bonchev–Trinajstić information content (AvgIpc) is 3.20. The minimum absolute atomic E-state index is 0.272. The second-order valence-corrected chi connectivity index (χ2v) is 6.72. The highest BCUT2D eigenvalue weighted by molar-refractivity contribution is 5.60. The third kappa shape index (κ3) is 3.43. The maximum Gasteiger partial charge on any atom is 0.231 e. The fraction of sp³-hybridized carbons (Fsp3) is 0.400. The zero-order chi connectivity index (χ0) is 17.2. The van der Waals surface area contributed by atoms with Crippen LogP contribution < -0.4 is 14.4 Å². The smallest absolute Gasteiger partial charge is 0.231 e. The van der Waals surface area contributed by atoms with Crippen LogP contribution >= 0.6 is 0 Å². The second kappa shape index (κ2) is 6.94. The normalized spacial score (nSPS) is 19.1. The van der Waals surface area contributed by atoms with Crippen molar-refractivity contribution in [2.45, 2.75) is 25.6 Å². The van der Waals surface area contributed by atoms with Crippen molar-refractivity contribution in [3.63, 3.8) is 0 Å². The fourth-order valence-electron chi connectivity index (χ4n) is 3.54. The summed E-state index contributed by atoms with van der Waals surface area (Å²) in [5.41, 5.74) is 3.59. The van der Waals surface area contributed by atoms with Crippen molar-refractivity contribution >= 4 is 5.69 Å². The summed E-state index contributed by atoms with van der Waals surface area (Å²) >= 11 is 0. The summed E-state index contributed by atoms with van der Waals surface area (Å²) in [6, 6.07) is 14.2. The summed E-state index contributed by atoms with van der Waals surface area (Å²) in [4.78, 5) is 2.24. The van der Waals surface area contributed by atoms with E-state index in [2.05, 4.69) is 30.0 Å². The Morgan fingerprint density at radius 1 is 1.20 bits per heavy atom. The largest absolute Gasteiger partial charge is 0.454 e. The molecule has 25 heavy (non-hydrogen) atoms. The number of β-amino-alcohol motifs (C(OH)–C–C–N with tert-alkyl or cyclic N) is 1. The van der Waals surface area contributed by atoms with Gasteiger partial charge in [-0.25, -0.2) is 0 Å². The molecule has 2 aromatic carbocycles. The van der Waals surface area contributed by atoms with Gasteiger partial charge >= 0.3 is 0 Å². The van der Waals surface area contributed by atoms with Gasteiger partial charge in [-0.05, 0) is 29.3 Å². The topological polar surface area (TPSA) is 51.2 Å². The molecule has 5 heteroatoms. The van der Waals surface area contributed by atoms with Crippen LogP contribution in [0.5, 0.6) is 11.5 Å². The molecule has 0 bridgehead atoms. The SMILES string of the molecule is CC1CN(CC(O)COCc2ccc3c(c2)OCO3)c2ccccc21. The molecule has 0 aliphatic carbocycles. The van der Waals surface area contributed by atoms with E-state index in [-0.39, 0.29) is 6.79 Å². The Morgan fingerprint density at radius 3 is 2.96 bits per heavy atom. The van der Waals surface area contributed by atoms with Gasteiger partial charge in [-0.1, -0.05) is 31.2 Å². The van der Waals surface area contributed by atoms with Gasteiger partial charge in [0.05, 0.1) is 19.3 Å². The van der Waals surface area contributed by atoms with Gasteiger partial charge in [-0.15, -0.1) is 0 Å². The standard InChI is InChI=1S/C20H23NO4/c1-14-9-21(18-5-3-2-4-17(14)18)10-16(22)12-23-11-15-6-7-19-20(8-15)25-13-24-19/h2-8,14,16,22H,9-13H2,1H3. The van der Waals surface area contributed by atoms with Crippen molar-refractivity contribution in [3.05, 3.63) is 53.6 Å². The molecule has 2 unspecified atom stereocenters. The van der Waals surface area contributed by atoms with Crippen molar-refractivity contribution < 1.29 is 19.3 Å². The van der Waals surface area contributed by atoms with E-state index in [0.717, 1.165) is 23.6 Å². The Bertz CT molecular complexity index is 748. The Balaban J connectivity index is 1.28. The van der Waals surface area contributed by atoms with E-state index in [1.54, 1.807) is 0 Å². The van der Waals surface area contributed by atoms with E-state index < -0.39 is 6.10 Å². The number of nitrogens with zero attached hydrogens (tertiary/aromatic N) is 1. The molecule has 4 rings (SSSR count). The monoisotopic (exact) mass is 341 g/mol. The number of anilines is 1. The molecule has 132 valence electrons. The molecule has 0 spiro atoms. The minimum atomic E-state index is -0.521. The summed E-state index contributed by atoms with van der Waals surface area (Å²) < 4.78 is 16.4. The number of fused-ring (bicyclic) bond motifs is 2. The number of rotatable bonds is 6. The lowest BCUT2D eigenvalue weighted by Crippen LogP contribution is -2.34. The number of ether oxygens (including phenoxy) is 3. The van der Waals surface area contributed by atoms with E-state index in [1.807, 2.05) is 24.3 Å². The van der Waals surface area contributed by atoms with Crippen LogP contribution in [0.2, 0.25) is 0 Å². The van der Waals surface area contributed by atoms with E-state index >= 15 is 0 Å². The number of aliphatic hydroxyl groups excluding tert-OH is 1. The lowest BCUT2D eigenvalue weighted by Gasteiger charge is -2.23. The highest BCUT2D eigenvalue weighted by Gasteiger charge is 2.26. The molecule has 2 aliphatic heterocycles. The Labute approximate surface area is 147 Å². The fourth-order valence-corrected chi connectivity index (χ4v) is 3.54. The van der Waals surface area contributed by atoms with Crippen LogP contribution in [0.3, 0.4) is 0 Å². The van der Waals surface area contributed by atoms with Crippen molar-refractivity contribution in [1.29, 1.82) is 0 Å². The van der Waals surface area contributed by atoms with Crippen LogP contribution in [0.15, 0.2) is 42.5 Å². The molecule has 2 heterocycles. The summed E-state index contributed by atoms with van der Waals surface area (Å²) in [6.07, 6.45) is -0.521. The first kappa shape index (κ1) is 16.2. The lowest BCUT2D eigenvalue weighted by atomic mass is 10.0. The van der Waals surface area contributed by atoms with Crippen LogP contribution in [0.1, 0.15) is 24.0 Å². The molecule has 0 fully saturated rings. The van der Waals surface area contributed by atoms with Gasteiger partial charge in [0.15, 0.2) is 11.5 Å². The van der Waals surface area contributed by atoms with E-state index in [4.69, 9.17) is 14.2 Å². The van der Waals surface area contributed by atoms with Crippen molar-refractivity contribution in [1.82, 2.24) is 0 Å². The summed E-state index contributed by atoms with van der Waals surface area (Å²) in [5, 5.41) is 10.3. The molecule has 0 amide bonds. The van der Waals surface area contributed by atoms with E-state index in [0.29, 0.717) is 25.7 Å². The molecule has 5 nitrogen and oxygen atoms in total. The maximum atomic E-state index is 10.3. The molecule has 2 atom stereocenters. The number of aliphatic hydroxyl groups is 1. The Hall–Kier alpha value is -2.24. The highest BCUT2D eigenvalue weighted by atomic mass is 16.7. The third-order valence-electron chi connectivity index (χ3n) is 4.75. The van der Waals surface area contributed by atoms with Crippen molar-refractivity contribution in [2.24, 2.45) is 0 Å². The first-order chi connectivity index (χ1) is 12.2. The van der Waals surface area contributed by atoms with Crippen LogP contribution in [-0.2, 0) is 11.3 Å². The molecular weight excluding hydrogens is 318 g/mol. The number of hydrogen-bond donors (Lipinski definition) is 1. The lowest BCUT2D eigenvalue weighted by molar-refractivity contribution is 0.0320. The number of benzene rings is 2. The van der Waals surface area contributed by atoms with Gasteiger partial charge in [-0.3, -0.25) is 0 Å². The number of para-hydroxylation sites is 1. The predicted octanol–water partition coefficient (Wildman–Crippen LogP) is 2.92. The van der Waals surface area contributed by atoms with Gasteiger partial charge < -0.3 is 24.2 Å². The van der Waals surface area contributed by atoms with Crippen LogP contribution in [0.25, 0.3) is 0 Å². The second-order valence-electron chi connectivity index (χ2n) is 6.72. The molecule has 0 saturated carbocycles. The van der Waals surface area contributed by atoms with Crippen LogP contribution in [0, 0.1) is 0 Å². The number of hydrogen-bond acceptors (Lipinski definition) is 5. The summed E-state index contributed by atoms with van der Waals surface area (Å²) in [6.45, 7) is 4.78. The molecule has 1 N–H and O–H groups in total. The molecule has 0 radical (unpaired) electrons. The average molecular weight is 341 g/mol. The van der Waals surface area contributed by atoms with E-state index in [1.165, 1.54) is 11.3 Å². The van der Waals surface area contributed by atoms with E-state index in [9.17, 15) is 5.11 Å².